The predicted molar refractivity (Wildman–Crippen MR) is 99.0 cm³/mol. The summed E-state index contributed by atoms with van der Waals surface area (Å²) < 4.78 is 0. The Hall–Kier alpha value is -2.34. The van der Waals surface area contributed by atoms with Crippen LogP contribution in [0.2, 0.25) is 0 Å². The van der Waals surface area contributed by atoms with Crippen LogP contribution in [-0.2, 0) is 11.2 Å². The van der Waals surface area contributed by atoms with Crippen molar-refractivity contribution in [1.82, 2.24) is 20.1 Å². The quantitative estimate of drug-likeness (QED) is 0.831. The van der Waals surface area contributed by atoms with Crippen LogP contribution >= 0.6 is 0 Å². The van der Waals surface area contributed by atoms with E-state index < -0.39 is 0 Å². The largest absolute Gasteiger partial charge is 0.361 e. The molecule has 2 saturated heterocycles. The first-order chi connectivity index (χ1) is 12.6. The SMILES string of the molecule is CN1C[C@H](CCN2CC(=O)NC2=O)CC2c3cccc4[nH]cc(c34)C[C@H]21. The molecule has 2 aliphatic heterocycles. The van der Waals surface area contributed by atoms with Crippen LogP contribution in [0, 0.1) is 5.92 Å². The second-order valence-electron chi connectivity index (χ2n) is 8.07. The zero-order valence-electron chi connectivity index (χ0n) is 15.0. The molecule has 3 amide bonds. The first-order valence-corrected chi connectivity index (χ1v) is 9.48. The number of hydrogen-bond donors (Lipinski definition) is 2. The van der Waals surface area contributed by atoms with Crippen molar-refractivity contribution in [1.29, 1.82) is 0 Å². The van der Waals surface area contributed by atoms with Crippen molar-refractivity contribution in [2.24, 2.45) is 5.92 Å². The highest BCUT2D eigenvalue weighted by molar-refractivity contribution is 6.01. The Balaban J connectivity index is 1.36. The fourth-order valence-electron chi connectivity index (χ4n) is 5.27. The Morgan fingerprint density at radius 1 is 1.27 bits per heavy atom. The molecule has 0 saturated carbocycles. The van der Waals surface area contributed by atoms with Crippen molar-refractivity contribution < 1.29 is 9.59 Å². The number of amides is 3. The molecule has 2 N–H and O–H groups in total. The van der Waals surface area contributed by atoms with E-state index in [1.807, 2.05) is 0 Å². The van der Waals surface area contributed by atoms with Gasteiger partial charge in [0, 0.05) is 42.1 Å². The normalized spacial score (nSPS) is 28.5. The Kier molecular flexibility index (Phi) is 3.57. The second kappa shape index (κ2) is 5.84. The van der Waals surface area contributed by atoms with Gasteiger partial charge in [0.25, 0.3) is 0 Å². The summed E-state index contributed by atoms with van der Waals surface area (Å²) in [6, 6.07) is 6.92. The molecule has 2 fully saturated rings. The van der Waals surface area contributed by atoms with Crippen LogP contribution in [0.3, 0.4) is 0 Å². The number of nitrogens with one attached hydrogen (secondary N) is 2. The molecule has 1 aromatic heterocycles. The Morgan fingerprint density at radius 2 is 2.15 bits per heavy atom. The van der Waals surface area contributed by atoms with Gasteiger partial charge in [0.2, 0.25) is 5.91 Å². The topological polar surface area (TPSA) is 68.4 Å². The first-order valence-electron chi connectivity index (χ1n) is 9.48. The molecule has 3 aliphatic rings. The van der Waals surface area contributed by atoms with Gasteiger partial charge < -0.3 is 14.8 Å². The molecule has 5 rings (SSSR count). The van der Waals surface area contributed by atoms with Crippen molar-refractivity contribution in [3.05, 3.63) is 35.5 Å². The highest BCUT2D eigenvalue weighted by Crippen LogP contribution is 2.44. The summed E-state index contributed by atoms with van der Waals surface area (Å²) in [6.45, 7) is 1.92. The number of benzene rings is 1. The molecule has 136 valence electrons. The highest BCUT2D eigenvalue weighted by Gasteiger charge is 2.39. The maximum Gasteiger partial charge on any atom is 0.324 e. The second-order valence-corrected chi connectivity index (χ2v) is 8.07. The van der Waals surface area contributed by atoms with Crippen molar-refractivity contribution in [2.75, 3.05) is 26.7 Å². The molecule has 26 heavy (non-hydrogen) atoms. The number of imide groups is 1. The summed E-state index contributed by atoms with van der Waals surface area (Å²) in [5.41, 5.74) is 4.16. The molecule has 0 bridgehead atoms. The van der Waals surface area contributed by atoms with E-state index in [2.05, 4.69) is 46.6 Å². The minimum atomic E-state index is -0.239. The number of likely N-dealkylation sites (tertiary alicyclic amines) is 1. The third-order valence-electron chi connectivity index (χ3n) is 6.49. The minimum absolute atomic E-state index is 0.185. The number of piperidine rings is 1. The molecule has 2 aromatic rings. The molecular weight excluding hydrogens is 328 g/mol. The Bertz CT molecular complexity index is 889. The van der Waals surface area contributed by atoms with Crippen LogP contribution in [-0.4, -0.2) is 59.4 Å². The van der Waals surface area contributed by atoms with Crippen LogP contribution in [0.15, 0.2) is 24.4 Å². The van der Waals surface area contributed by atoms with E-state index in [0.29, 0.717) is 24.4 Å². The molecule has 0 radical (unpaired) electrons. The van der Waals surface area contributed by atoms with E-state index in [9.17, 15) is 9.59 Å². The average molecular weight is 352 g/mol. The summed E-state index contributed by atoms with van der Waals surface area (Å²) in [4.78, 5) is 30.7. The summed E-state index contributed by atoms with van der Waals surface area (Å²) in [7, 11) is 2.23. The number of nitrogens with zero attached hydrogens (tertiary/aromatic N) is 2. The molecule has 6 heteroatoms. The maximum absolute atomic E-state index is 11.8. The summed E-state index contributed by atoms with van der Waals surface area (Å²) in [6.07, 6.45) is 5.38. The van der Waals surface area contributed by atoms with Gasteiger partial charge in [-0.15, -0.1) is 0 Å². The van der Waals surface area contributed by atoms with Gasteiger partial charge in [-0.2, -0.15) is 0 Å². The lowest BCUT2D eigenvalue weighted by atomic mass is 9.72. The fourth-order valence-corrected chi connectivity index (χ4v) is 5.27. The van der Waals surface area contributed by atoms with Crippen LogP contribution < -0.4 is 5.32 Å². The van der Waals surface area contributed by atoms with E-state index in [-0.39, 0.29) is 18.5 Å². The van der Waals surface area contributed by atoms with Gasteiger partial charge in [-0.25, -0.2) is 4.79 Å². The van der Waals surface area contributed by atoms with Gasteiger partial charge in [-0.3, -0.25) is 10.1 Å². The summed E-state index contributed by atoms with van der Waals surface area (Å²) in [5.74, 6) is 0.898. The van der Waals surface area contributed by atoms with E-state index in [1.54, 1.807) is 4.90 Å². The average Bonchev–Trinajstić information content (AvgIpc) is 3.18. The zero-order valence-corrected chi connectivity index (χ0v) is 15.0. The van der Waals surface area contributed by atoms with Crippen molar-refractivity contribution >= 4 is 22.8 Å². The van der Waals surface area contributed by atoms with E-state index >= 15 is 0 Å². The van der Waals surface area contributed by atoms with Crippen LogP contribution in [0.1, 0.15) is 29.9 Å². The standard InChI is InChI=1S/C20H24N4O2/c1-23-10-12(5-6-24-11-18(25)22-20(24)26)7-15-14-3-2-4-16-19(14)13(9-21-16)8-17(15)23/h2-4,9,12,15,17,21H,5-8,10-11H2,1H3,(H,22,25,26)/t12-,15?,17-/m1/s1. The zero-order chi connectivity index (χ0) is 17.8. The predicted octanol–water partition coefficient (Wildman–Crippen LogP) is 2.07. The molecule has 1 aliphatic carbocycles. The van der Waals surface area contributed by atoms with Gasteiger partial charge in [0.15, 0.2) is 0 Å². The van der Waals surface area contributed by atoms with Gasteiger partial charge in [-0.1, -0.05) is 12.1 Å². The summed E-state index contributed by atoms with van der Waals surface area (Å²) >= 11 is 0. The number of fused-ring (bicyclic) bond motifs is 2. The van der Waals surface area contributed by atoms with E-state index in [1.165, 1.54) is 22.0 Å². The van der Waals surface area contributed by atoms with Gasteiger partial charge >= 0.3 is 6.03 Å². The number of aromatic amines is 1. The molecule has 1 unspecified atom stereocenters. The van der Waals surface area contributed by atoms with Crippen LogP contribution in [0.4, 0.5) is 4.79 Å². The molecule has 1 aromatic carbocycles. The Morgan fingerprint density at radius 3 is 2.96 bits per heavy atom. The Labute approximate surface area is 152 Å². The number of carbonyl (C=O) groups excluding carboxylic acids is 2. The molecule has 3 atom stereocenters. The first kappa shape index (κ1) is 15.9. The highest BCUT2D eigenvalue weighted by atomic mass is 16.2. The lowest BCUT2D eigenvalue weighted by Crippen LogP contribution is -2.48. The molecule has 3 heterocycles. The number of carbonyl (C=O) groups is 2. The van der Waals surface area contributed by atoms with E-state index in [0.717, 1.165) is 25.8 Å². The third-order valence-corrected chi connectivity index (χ3v) is 6.49. The smallest absolute Gasteiger partial charge is 0.324 e. The van der Waals surface area contributed by atoms with Crippen molar-refractivity contribution in [3.8, 4) is 0 Å². The van der Waals surface area contributed by atoms with Gasteiger partial charge in [0.1, 0.15) is 6.54 Å². The monoisotopic (exact) mass is 352 g/mol. The van der Waals surface area contributed by atoms with Gasteiger partial charge in [0.05, 0.1) is 0 Å². The number of hydrogen-bond acceptors (Lipinski definition) is 3. The number of rotatable bonds is 3. The van der Waals surface area contributed by atoms with Crippen LogP contribution in [0.5, 0.6) is 0 Å². The number of likely N-dealkylation sites (N-methyl/N-ethyl adjacent to an activating group) is 1. The summed E-state index contributed by atoms with van der Waals surface area (Å²) in [5, 5.41) is 3.79. The van der Waals surface area contributed by atoms with Gasteiger partial charge in [-0.05, 0) is 49.4 Å². The fraction of sp³-hybridized carbons (Fsp3) is 0.500. The lowest BCUT2D eigenvalue weighted by Gasteiger charge is -2.45. The number of aromatic nitrogens is 1. The molecular formula is C20H24N4O2. The van der Waals surface area contributed by atoms with Crippen molar-refractivity contribution in [2.45, 2.75) is 31.2 Å². The van der Waals surface area contributed by atoms with E-state index in [4.69, 9.17) is 0 Å². The number of H-pyrrole nitrogens is 1. The number of urea groups is 1. The van der Waals surface area contributed by atoms with Crippen LogP contribution in [0.25, 0.3) is 10.9 Å². The minimum Gasteiger partial charge on any atom is -0.361 e. The third kappa shape index (κ3) is 2.43. The molecule has 6 nitrogen and oxygen atoms in total. The maximum atomic E-state index is 11.8. The van der Waals surface area contributed by atoms with Crippen molar-refractivity contribution in [3.63, 3.8) is 0 Å². The molecule has 0 spiro atoms. The lowest BCUT2D eigenvalue weighted by molar-refractivity contribution is -0.118.